The number of hydrogen-bond acceptors (Lipinski definition) is 5. The zero-order valence-corrected chi connectivity index (χ0v) is 11.0. The predicted molar refractivity (Wildman–Crippen MR) is 72.4 cm³/mol. The Kier molecular flexibility index (Phi) is 5.05. The molecule has 0 aliphatic carbocycles. The van der Waals surface area contributed by atoms with E-state index in [4.69, 9.17) is 16.3 Å². The highest BCUT2D eigenvalue weighted by Crippen LogP contribution is 2.19. The van der Waals surface area contributed by atoms with Crippen molar-refractivity contribution in [2.75, 3.05) is 12.3 Å². The predicted octanol–water partition coefficient (Wildman–Crippen LogP) is 1.58. The van der Waals surface area contributed by atoms with Gasteiger partial charge in [0.1, 0.15) is 12.1 Å². The van der Waals surface area contributed by atoms with Crippen LogP contribution in [-0.4, -0.2) is 18.4 Å². The number of ketones is 1. The number of nitrogens with one attached hydrogen (secondary N) is 1. The van der Waals surface area contributed by atoms with E-state index >= 15 is 0 Å². The summed E-state index contributed by atoms with van der Waals surface area (Å²) in [5.41, 5.74) is 6.42. The maximum atomic E-state index is 12.0. The van der Waals surface area contributed by atoms with Gasteiger partial charge in [-0.15, -0.1) is 0 Å². The van der Waals surface area contributed by atoms with Crippen LogP contribution < -0.4 is 11.1 Å². The smallest absolute Gasteiger partial charge is 0.176 e. The molecule has 1 aromatic carbocycles. The molecule has 19 heavy (non-hydrogen) atoms. The van der Waals surface area contributed by atoms with E-state index in [2.05, 4.69) is 5.32 Å². The van der Waals surface area contributed by atoms with Crippen molar-refractivity contribution in [3.8, 4) is 12.1 Å². The second-order valence-corrected chi connectivity index (χ2v) is 4.32. The first-order chi connectivity index (χ1) is 9.03. The zero-order valence-electron chi connectivity index (χ0n) is 11.0. The zero-order chi connectivity index (χ0) is 14.4. The molecule has 98 valence electrons. The minimum absolute atomic E-state index is 0.122. The van der Waals surface area contributed by atoms with Crippen LogP contribution in [0.4, 0.5) is 5.69 Å². The molecule has 0 saturated carbocycles. The van der Waals surface area contributed by atoms with E-state index in [9.17, 15) is 4.79 Å². The SMILES string of the molecule is CCC(C)NCC(=O)c1cc(C#N)c(N)c(C#N)c1. The van der Waals surface area contributed by atoms with Crippen molar-refractivity contribution in [3.05, 3.63) is 28.8 Å². The van der Waals surface area contributed by atoms with Crippen molar-refractivity contribution >= 4 is 11.5 Å². The molecule has 3 N–H and O–H groups in total. The lowest BCUT2D eigenvalue weighted by molar-refractivity contribution is 0.0987. The van der Waals surface area contributed by atoms with Crippen LogP contribution in [0.3, 0.4) is 0 Å². The highest BCUT2D eigenvalue weighted by molar-refractivity contribution is 5.99. The van der Waals surface area contributed by atoms with Crippen LogP contribution in [0.25, 0.3) is 0 Å². The van der Waals surface area contributed by atoms with Gasteiger partial charge in [0.05, 0.1) is 23.4 Å². The topological polar surface area (TPSA) is 103 Å². The largest absolute Gasteiger partial charge is 0.397 e. The third kappa shape index (κ3) is 3.54. The first kappa shape index (κ1) is 14.7. The third-order valence-corrected chi connectivity index (χ3v) is 2.97. The Morgan fingerprint density at radius 1 is 1.37 bits per heavy atom. The number of carbonyl (C=O) groups is 1. The highest BCUT2D eigenvalue weighted by atomic mass is 16.1. The molecule has 0 heterocycles. The minimum Gasteiger partial charge on any atom is -0.397 e. The minimum atomic E-state index is -0.159. The number of Topliss-reactive ketones (excluding diaryl/α,β-unsaturated/α-hetero) is 1. The lowest BCUT2D eigenvalue weighted by atomic mass is 10.0. The maximum absolute atomic E-state index is 12.0. The number of rotatable bonds is 5. The van der Waals surface area contributed by atoms with Crippen LogP contribution in [0.5, 0.6) is 0 Å². The molecule has 0 radical (unpaired) electrons. The third-order valence-electron chi connectivity index (χ3n) is 2.97. The molecule has 0 aliphatic heterocycles. The molecular formula is C14H16N4O. The summed E-state index contributed by atoms with van der Waals surface area (Å²) in [6, 6.07) is 6.88. The second-order valence-electron chi connectivity index (χ2n) is 4.32. The van der Waals surface area contributed by atoms with E-state index in [1.165, 1.54) is 12.1 Å². The molecular weight excluding hydrogens is 240 g/mol. The van der Waals surface area contributed by atoms with Crippen LogP contribution in [0.2, 0.25) is 0 Å². The quantitative estimate of drug-likeness (QED) is 0.615. The van der Waals surface area contributed by atoms with Crippen molar-refractivity contribution in [3.63, 3.8) is 0 Å². The molecule has 1 rings (SSSR count). The summed E-state index contributed by atoms with van der Waals surface area (Å²) in [5.74, 6) is -0.159. The van der Waals surface area contributed by atoms with Crippen molar-refractivity contribution in [2.24, 2.45) is 0 Å². The van der Waals surface area contributed by atoms with Crippen LogP contribution in [0.15, 0.2) is 12.1 Å². The Balaban J connectivity index is 2.99. The van der Waals surface area contributed by atoms with Gasteiger partial charge in [-0.05, 0) is 25.5 Å². The molecule has 0 aliphatic rings. The van der Waals surface area contributed by atoms with E-state index < -0.39 is 0 Å². The Morgan fingerprint density at radius 3 is 2.32 bits per heavy atom. The van der Waals surface area contributed by atoms with Crippen LogP contribution in [-0.2, 0) is 0 Å². The van der Waals surface area contributed by atoms with Crippen LogP contribution in [0.1, 0.15) is 41.8 Å². The normalized spacial score (nSPS) is 11.4. The molecule has 0 saturated heterocycles. The number of nitrogens with two attached hydrogens (primary N) is 1. The molecule has 0 bridgehead atoms. The Bertz CT molecular complexity index is 531. The van der Waals surface area contributed by atoms with Crippen LogP contribution >= 0.6 is 0 Å². The summed E-state index contributed by atoms with van der Waals surface area (Å²) < 4.78 is 0. The van der Waals surface area contributed by atoms with Gasteiger partial charge in [-0.3, -0.25) is 4.79 Å². The van der Waals surface area contributed by atoms with Gasteiger partial charge < -0.3 is 11.1 Å². The standard InChI is InChI=1S/C14H16N4O/c1-3-9(2)18-8-13(19)10-4-11(6-15)14(17)12(5-10)7-16/h4-5,9,18H,3,8,17H2,1-2H3. The van der Waals surface area contributed by atoms with E-state index in [0.717, 1.165) is 6.42 Å². The molecule has 5 heteroatoms. The molecule has 0 fully saturated rings. The molecule has 0 amide bonds. The van der Waals surface area contributed by atoms with Gasteiger partial charge in [-0.1, -0.05) is 6.92 Å². The van der Waals surface area contributed by atoms with Gasteiger partial charge in [0, 0.05) is 11.6 Å². The van der Waals surface area contributed by atoms with Crippen LogP contribution in [0, 0.1) is 22.7 Å². The monoisotopic (exact) mass is 256 g/mol. The van der Waals surface area contributed by atoms with Crippen molar-refractivity contribution in [1.82, 2.24) is 5.32 Å². The summed E-state index contributed by atoms with van der Waals surface area (Å²) in [7, 11) is 0. The summed E-state index contributed by atoms with van der Waals surface area (Å²) in [6.45, 7) is 4.18. The highest BCUT2D eigenvalue weighted by Gasteiger charge is 2.13. The molecule has 5 nitrogen and oxygen atoms in total. The number of nitrogen functional groups attached to an aromatic ring is 1. The summed E-state index contributed by atoms with van der Waals surface area (Å²) in [6.07, 6.45) is 0.919. The summed E-state index contributed by atoms with van der Waals surface area (Å²) in [4.78, 5) is 12.0. The average Bonchev–Trinajstić information content (AvgIpc) is 2.44. The number of nitrogens with zero attached hydrogens (tertiary/aromatic N) is 2. The second kappa shape index (κ2) is 6.53. The van der Waals surface area contributed by atoms with Gasteiger partial charge in [0.25, 0.3) is 0 Å². The van der Waals surface area contributed by atoms with Gasteiger partial charge in [-0.2, -0.15) is 10.5 Å². The van der Waals surface area contributed by atoms with E-state index in [-0.39, 0.29) is 35.2 Å². The molecule has 0 aromatic heterocycles. The maximum Gasteiger partial charge on any atom is 0.176 e. The molecule has 0 spiro atoms. The number of carbonyl (C=O) groups excluding carboxylic acids is 1. The number of anilines is 1. The lowest BCUT2D eigenvalue weighted by Crippen LogP contribution is -2.31. The van der Waals surface area contributed by atoms with Crippen molar-refractivity contribution < 1.29 is 4.79 Å². The number of nitriles is 2. The van der Waals surface area contributed by atoms with Crippen molar-refractivity contribution in [1.29, 1.82) is 10.5 Å². The van der Waals surface area contributed by atoms with Crippen molar-refractivity contribution in [2.45, 2.75) is 26.3 Å². The molecule has 1 aromatic rings. The lowest BCUT2D eigenvalue weighted by Gasteiger charge is -2.11. The first-order valence-electron chi connectivity index (χ1n) is 6.03. The summed E-state index contributed by atoms with van der Waals surface area (Å²) in [5, 5.41) is 20.9. The number of hydrogen-bond donors (Lipinski definition) is 2. The first-order valence-corrected chi connectivity index (χ1v) is 6.03. The summed E-state index contributed by atoms with van der Waals surface area (Å²) >= 11 is 0. The Morgan fingerprint density at radius 2 is 1.89 bits per heavy atom. The molecule has 1 atom stereocenters. The fourth-order valence-electron chi connectivity index (χ4n) is 1.51. The van der Waals surface area contributed by atoms with Gasteiger partial charge >= 0.3 is 0 Å². The van der Waals surface area contributed by atoms with E-state index in [1.807, 2.05) is 26.0 Å². The van der Waals surface area contributed by atoms with Gasteiger partial charge in [0.15, 0.2) is 5.78 Å². The van der Waals surface area contributed by atoms with E-state index in [1.54, 1.807) is 0 Å². The fraction of sp³-hybridized carbons (Fsp3) is 0.357. The Hall–Kier alpha value is -2.37. The number of benzene rings is 1. The van der Waals surface area contributed by atoms with Gasteiger partial charge in [-0.25, -0.2) is 0 Å². The molecule has 1 unspecified atom stereocenters. The Labute approximate surface area is 112 Å². The average molecular weight is 256 g/mol. The fourth-order valence-corrected chi connectivity index (χ4v) is 1.51. The van der Waals surface area contributed by atoms with Gasteiger partial charge in [0.2, 0.25) is 0 Å². The van der Waals surface area contributed by atoms with E-state index in [0.29, 0.717) is 5.56 Å².